The van der Waals surface area contributed by atoms with E-state index in [2.05, 4.69) is 9.71 Å². The maximum absolute atomic E-state index is 12.7. The lowest BCUT2D eigenvalue weighted by molar-refractivity contribution is 0.337. The van der Waals surface area contributed by atoms with E-state index < -0.39 is 15.8 Å². The van der Waals surface area contributed by atoms with Crippen LogP contribution >= 0.6 is 0 Å². The van der Waals surface area contributed by atoms with Gasteiger partial charge < -0.3 is 9.15 Å². The molecule has 0 bridgehead atoms. The van der Waals surface area contributed by atoms with Crippen molar-refractivity contribution in [3.05, 3.63) is 52.0 Å². The van der Waals surface area contributed by atoms with Gasteiger partial charge >= 0.3 is 5.76 Å². The number of anilines is 1. The smallest absolute Gasteiger partial charge is 0.417 e. The molecule has 0 amide bonds. The summed E-state index contributed by atoms with van der Waals surface area (Å²) in [6, 6.07) is 7.87. The van der Waals surface area contributed by atoms with Crippen LogP contribution in [0, 0.1) is 13.8 Å². The monoisotopic (exact) mass is 362 g/mol. The molecule has 0 atom stereocenters. The number of ether oxygens (including phenoxy) is 1. The number of aromatic nitrogens is 1. The second-order valence-electron chi connectivity index (χ2n) is 5.65. The SMILES string of the molecule is CCOc1cc(C)c(S(=O)(=O)Nc2ccc3oc(=O)[nH]c3c2)cc1C. The standard InChI is InChI=1S/C17H18N2O5S/c1-4-23-15-7-11(3)16(8-10(15)2)25(21,22)19-12-5-6-14-13(9-12)18-17(20)24-14/h5-9,19H,4H2,1-3H3,(H,18,20). The van der Waals surface area contributed by atoms with Crippen molar-refractivity contribution in [3.8, 4) is 5.75 Å². The summed E-state index contributed by atoms with van der Waals surface area (Å²) in [6.45, 7) is 5.89. The average Bonchev–Trinajstić information content (AvgIpc) is 2.89. The Kier molecular flexibility index (Phi) is 4.30. The van der Waals surface area contributed by atoms with Crippen molar-refractivity contribution in [1.29, 1.82) is 0 Å². The lowest BCUT2D eigenvalue weighted by Crippen LogP contribution is -2.14. The van der Waals surface area contributed by atoms with Crippen LogP contribution in [-0.2, 0) is 10.0 Å². The minimum absolute atomic E-state index is 0.175. The number of fused-ring (bicyclic) bond motifs is 1. The molecule has 0 saturated heterocycles. The highest BCUT2D eigenvalue weighted by atomic mass is 32.2. The first-order valence-corrected chi connectivity index (χ1v) is 9.18. The molecule has 3 aromatic rings. The predicted molar refractivity (Wildman–Crippen MR) is 94.7 cm³/mol. The quantitative estimate of drug-likeness (QED) is 0.727. The number of hydrogen-bond donors (Lipinski definition) is 2. The Morgan fingerprint density at radius 1 is 1.16 bits per heavy atom. The second-order valence-corrected chi connectivity index (χ2v) is 7.30. The highest BCUT2D eigenvalue weighted by molar-refractivity contribution is 7.92. The summed E-state index contributed by atoms with van der Waals surface area (Å²) in [5, 5.41) is 0. The molecule has 0 spiro atoms. The van der Waals surface area contributed by atoms with Crippen LogP contribution in [0.4, 0.5) is 5.69 Å². The van der Waals surface area contributed by atoms with Gasteiger partial charge in [-0.15, -0.1) is 0 Å². The van der Waals surface area contributed by atoms with Crippen LogP contribution in [0.3, 0.4) is 0 Å². The van der Waals surface area contributed by atoms with Crippen LogP contribution in [-0.4, -0.2) is 20.0 Å². The number of sulfonamides is 1. The lowest BCUT2D eigenvalue weighted by atomic mass is 10.1. The molecular formula is C17H18N2O5S. The van der Waals surface area contributed by atoms with Crippen molar-refractivity contribution >= 4 is 26.8 Å². The van der Waals surface area contributed by atoms with Crippen LogP contribution in [0.15, 0.2) is 44.4 Å². The van der Waals surface area contributed by atoms with Gasteiger partial charge in [0.2, 0.25) is 0 Å². The summed E-state index contributed by atoms with van der Waals surface area (Å²) in [6.07, 6.45) is 0. The van der Waals surface area contributed by atoms with E-state index in [-0.39, 0.29) is 4.90 Å². The number of oxazole rings is 1. The van der Waals surface area contributed by atoms with E-state index in [9.17, 15) is 13.2 Å². The van der Waals surface area contributed by atoms with Crippen molar-refractivity contribution in [2.45, 2.75) is 25.7 Å². The fourth-order valence-electron chi connectivity index (χ4n) is 2.59. The van der Waals surface area contributed by atoms with Crippen LogP contribution < -0.4 is 15.2 Å². The maximum Gasteiger partial charge on any atom is 0.417 e. The number of H-pyrrole nitrogens is 1. The minimum atomic E-state index is -3.79. The molecule has 1 aromatic heterocycles. The number of aryl methyl sites for hydroxylation is 2. The molecule has 0 radical (unpaired) electrons. The van der Waals surface area contributed by atoms with E-state index in [1.165, 1.54) is 18.2 Å². The minimum Gasteiger partial charge on any atom is -0.494 e. The number of benzene rings is 2. The molecule has 0 fully saturated rings. The summed E-state index contributed by atoms with van der Waals surface area (Å²) in [7, 11) is -3.79. The molecule has 25 heavy (non-hydrogen) atoms. The van der Waals surface area contributed by atoms with Gasteiger partial charge in [-0.1, -0.05) is 0 Å². The summed E-state index contributed by atoms with van der Waals surface area (Å²) >= 11 is 0. The van der Waals surface area contributed by atoms with Crippen molar-refractivity contribution in [2.75, 3.05) is 11.3 Å². The zero-order chi connectivity index (χ0) is 18.2. The predicted octanol–water partition coefficient (Wildman–Crippen LogP) is 2.94. The molecule has 0 aliphatic carbocycles. The fraction of sp³-hybridized carbons (Fsp3) is 0.235. The van der Waals surface area contributed by atoms with Gasteiger partial charge in [-0.05, 0) is 62.2 Å². The topological polar surface area (TPSA) is 101 Å². The summed E-state index contributed by atoms with van der Waals surface area (Å²) in [5.41, 5.74) is 2.43. The molecule has 1 heterocycles. The van der Waals surface area contributed by atoms with E-state index in [0.29, 0.717) is 34.7 Å². The number of nitrogens with one attached hydrogen (secondary N) is 2. The van der Waals surface area contributed by atoms with E-state index in [1.807, 2.05) is 6.92 Å². The maximum atomic E-state index is 12.7. The third-order valence-corrected chi connectivity index (χ3v) is 5.26. The Balaban J connectivity index is 1.97. The molecular weight excluding hydrogens is 344 g/mol. The Bertz CT molecular complexity index is 1100. The van der Waals surface area contributed by atoms with Crippen LogP contribution in [0.5, 0.6) is 5.75 Å². The molecule has 0 saturated carbocycles. The third-order valence-electron chi connectivity index (χ3n) is 3.73. The van der Waals surface area contributed by atoms with Crippen molar-refractivity contribution in [2.24, 2.45) is 0 Å². The highest BCUT2D eigenvalue weighted by Crippen LogP contribution is 2.28. The van der Waals surface area contributed by atoms with Crippen LogP contribution in [0.25, 0.3) is 11.1 Å². The Hall–Kier alpha value is -2.74. The number of aromatic amines is 1. The first-order valence-electron chi connectivity index (χ1n) is 7.70. The summed E-state index contributed by atoms with van der Waals surface area (Å²) in [5.74, 6) is 0.0735. The molecule has 8 heteroatoms. The van der Waals surface area contributed by atoms with Gasteiger partial charge in [-0.25, -0.2) is 13.2 Å². The van der Waals surface area contributed by atoms with Gasteiger partial charge in [0, 0.05) is 0 Å². The molecule has 2 aromatic carbocycles. The van der Waals surface area contributed by atoms with Gasteiger partial charge in [-0.3, -0.25) is 9.71 Å². The first kappa shape index (κ1) is 17.1. The normalized spacial score (nSPS) is 11.6. The van der Waals surface area contributed by atoms with Crippen LogP contribution in [0.1, 0.15) is 18.1 Å². The van der Waals surface area contributed by atoms with Crippen molar-refractivity contribution < 1.29 is 17.6 Å². The highest BCUT2D eigenvalue weighted by Gasteiger charge is 2.19. The zero-order valence-electron chi connectivity index (χ0n) is 14.0. The Labute approximate surface area is 144 Å². The van der Waals surface area contributed by atoms with E-state index in [4.69, 9.17) is 9.15 Å². The molecule has 0 unspecified atom stereocenters. The molecule has 3 rings (SSSR count). The third kappa shape index (κ3) is 3.39. The van der Waals surface area contributed by atoms with Crippen molar-refractivity contribution in [3.63, 3.8) is 0 Å². The largest absolute Gasteiger partial charge is 0.494 e. The van der Waals surface area contributed by atoms with Gasteiger partial charge in [0.05, 0.1) is 22.7 Å². The lowest BCUT2D eigenvalue weighted by Gasteiger charge is -2.14. The van der Waals surface area contributed by atoms with E-state index >= 15 is 0 Å². The van der Waals surface area contributed by atoms with Gasteiger partial charge in [0.25, 0.3) is 10.0 Å². The summed E-state index contributed by atoms with van der Waals surface area (Å²) in [4.78, 5) is 13.9. The van der Waals surface area contributed by atoms with E-state index in [1.54, 1.807) is 26.0 Å². The summed E-state index contributed by atoms with van der Waals surface area (Å²) < 4.78 is 38.4. The molecule has 0 aliphatic rings. The number of rotatable bonds is 5. The van der Waals surface area contributed by atoms with Gasteiger partial charge in [0.15, 0.2) is 5.58 Å². The average molecular weight is 362 g/mol. The van der Waals surface area contributed by atoms with Crippen molar-refractivity contribution in [1.82, 2.24) is 4.98 Å². The Morgan fingerprint density at radius 2 is 1.92 bits per heavy atom. The second kappa shape index (κ2) is 6.29. The fourth-order valence-corrected chi connectivity index (χ4v) is 3.95. The molecule has 7 nitrogen and oxygen atoms in total. The first-order chi connectivity index (χ1) is 11.8. The van der Waals surface area contributed by atoms with Gasteiger partial charge in [-0.2, -0.15) is 0 Å². The van der Waals surface area contributed by atoms with Gasteiger partial charge in [0.1, 0.15) is 5.75 Å². The van der Waals surface area contributed by atoms with Crippen LogP contribution in [0.2, 0.25) is 0 Å². The number of hydrogen-bond acceptors (Lipinski definition) is 5. The molecule has 2 N–H and O–H groups in total. The molecule has 0 aliphatic heterocycles. The Morgan fingerprint density at radius 3 is 2.64 bits per heavy atom. The van der Waals surface area contributed by atoms with E-state index in [0.717, 1.165) is 5.56 Å². The molecule has 132 valence electrons. The zero-order valence-corrected chi connectivity index (χ0v) is 14.9.